The van der Waals surface area contributed by atoms with Gasteiger partial charge in [0.2, 0.25) is 0 Å². The number of hydrogen-bond acceptors (Lipinski definition) is 4. The second-order valence-electron chi connectivity index (χ2n) is 10.6. The summed E-state index contributed by atoms with van der Waals surface area (Å²) in [6.45, 7) is 0. The highest BCUT2D eigenvalue weighted by atomic mass is 16.5. The number of aromatic hydroxyl groups is 1. The fourth-order valence-electron chi connectivity index (χ4n) is 8.68. The number of phenols is 1. The number of benzene rings is 1. The molecule has 4 fully saturated rings. The van der Waals surface area contributed by atoms with E-state index in [1.54, 1.807) is 6.07 Å². The highest BCUT2D eigenvalue weighted by Gasteiger charge is 2.87. The van der Waals surface area contributed by atoms with Gasteiger partial charge in [-0.05, 0) is 67.9 Å². The summed E-state index contributed by atoms with van der Waals surface area (Å²) < 4.78 is 6.24. The Bertz CT molecular complexity index is 877. The lowest BCUT2D eigenvalue weighted by Crippen LogP contribution is -2.72. The molecule has 3 N–H and O–H groups in total. The number of ether oxygens (including phenoxy) is 1. The molecule has 0 saturated heterocycles. The van der Waals surface area contributed by atoms with Crippen LogP contribution in [0.1, 0.15) is 68.9 Å². The Morgan fingerprint density at radius 3 is 2.74 bits per heavy atom. The minimum atomic E-state index is -0.808. The molecule has 2 bridgehead atoms. The van der Waals surface area contributed by atoms with Crippen LogP contribution in [0.15, 0.2) is 12.1 Å². The minimum Gasteiger partial charge on any atom is -0.504 e. The molecular weight excluding hydrogens is 340 g/mol. The van der Waals surface area contributed by atoms with E-state index in [1.165, 1.54) is 31.2 Å². The van der Waals surface area contributed by atoms with Gasteiger partial charge in [0.05, 0.1) is 17.1 Å². The van der Waals surface area contributed by atoms with Gasteiger partial charge in [-0.1, -0.05) is 25.3 Å². The SMILES string of the molecule is Oc1ccc2c3c1O[C@H]1[C@@H](O)CC[C@@]4(O)C5(C2)CC5(CC2CCC2)CC[C@]314. The largest absolute Gasteiger partial charge is 0.504 e. The zero-order valence-electron chi connectivity index (χ0n) is 15.7. The maximum absolute atomic E-state index is 12.4. The van der Waals surface area contributed by atoms with Gasteiger partial charge in [0.1, 0.15) is 6.10 Å². The molecular formula is C23H28O4. The predicted octanol–water partition coefficient (Wildman–Crippen LogP) is 3.19. The zero-order valence-corrected chi connectivity index (χ0v) is 15.7. The second-order valence-corrected chi connectivity index (χ2v) is 10.6. The Labute approximate surface area is 159 Å². The van der Waals surface area contributed by atoms with Gasteiger partial charge >= 0.3 is 0 Å². The summed E-state index contributed by atoms with van der Waals surface area (Å²) in [5, 5.41) is 33.7. The minimum absolute atomic E-state index is 0.0544. The summed E-state index contributed by atoms with van der Waals surface area (Å²) in [5.41, 5.74) is 1.16. The monoisotopic (exact) mass is 368 g/mol. The Morgan fingerprint density at radius 1 is 1.11 bits per heavy atom. The van der Waals surface area contributed by atoms with Crippen molar-refractivity contribution in [3.63, 3.8) is 0 Å². The van der Waals surface area contributed by atoms with Crippen LogP contribution in [-0.2, 0) is 11.8 Å². The van der Waals surface area contributed by atoms with Gasteiger partial charge in [-0.2, -0.15) is 0 Å². The van der Waals surface area contributed by atoms with E-state index in [0.29, 0.717) is 18.6 Å². The summed E-state index contributed by atoms with van der Waals surface area (Å²) in [6, 6.07) is 3.81. The van der Waals surface area contributed by atoms with Crippen molar-refractivity contribution in [3.8, 4) is 11.5 Å². The van der Waals surface area contributed by atoms with E-state index in [-0.39, 0.29) is 16.6 Å². The van der Waals surface area contributed by atoms with Crippen molar-refractivity contribution >= 4 is 0 Å². The highest BCUT2D eigenvalue weighted by Crippen LogP contribution is 2.86. The molecule has 1 heterocycles. The Morgan fingerprint density at radius 2 is 1.96 bits per heavy atom. The number of hydrogen-bond donors (Lipinski definition) is 3. The van der Waals surface area contributed by atoms with Crippen molar-refractivity contribution in [2.45, 2.75) is 87.4 Å². The van der Waals surface area contributed by atoms with E-state index in [1.807, 2.05) is 0 Å². The van der Waals surface area contributed by atoms with E-state index in [4.69, 9.17) is 4.74 Å². The molecule has 4 heteroatoms. The van der Waals surface area contributed by atoms with E-state index < -0.39 is 23.2 Å². The molecule has 5 aliphatic carbocycles. The molecule has 4 saturated carbocycles. The molecule has 1 aromatic rings. The average molecular weight is 368 g/mol. The van der Waals surface area contributed by atoms with Crippen molar-refractivity contribution in [1.82, 2.24) is 0 Å². The van der Waals surface area contributed by atoms with Crippen LogP contribution < -0.4 is 4.74 Å². The average Bonchev–Trinajstić information content (AvgIpc) is 3.08. The van der Waals surface area contributed by atoms with Crippen molar-refractivity contribution in [2.75, 3.05) is 0 Å². The third-order valence-corrected chi connectivity index (χ3v) is 10.0. The number of aliphatic hydroxyl groups is 2. The van der Waals surface area contributed by atoms with Crippen LogP contribution in [0.4, 0.5) is 0 Å². The molecule has 27 heavy (non-hydrogen) atoms. The van der Waals surface area contributed by atoms with Gasteiger partial charge in [-0.3, -0.25) is 0 Å². The van der Waals surface area contributed by atoms with E-state index in [2.05, 4.69) is 6.07 Å². The summed E-state index contributed by atoms with van der Waals surface area (Å²) in [7, 11) is 0. The van der Waals surface area contributed by atoms with Crippen LogP contribution in [-0.4, -0.2) is 33.1 Å². The van der Waals surface area contributed by atoms with Crippen molar-refractivity contribution in [1.29, 1.82) is 0 Å². The normalized spacial score (nSPS) is 51.0. The van der Waals surface area contributed by atoms with E-state index >= 15 is 0 Å². The summed E-state index contributed by atoms with van der Waals surface area (Å²) in [5.74, 6) is 1.55. The molecule has 4 nitrogen and oxygen atoms in total. The van der Waals surface area contributed by atoms with Gasteiger partial charge in [-0.25, -0.2) is 0 Å². The van der Waals surface area contributed by atoms with Gasteiger partial charge < -0.3 is 20.1 Å². The molecule has 0 aromatic heterocycles. The molecule has 1 aliphatic heterocycles. The van der Waals surface area contributed by atoms with Crippen molar-refractivity contribution in [2.24, 2.45) is 16.7 Å². The molecule has 2 spiro atoms. The molecule has 1 aromatic carbocycles. The fraction of sp³-hybridized carbons (Fsp3) is 0.739. The summed E-state index contributed by atoms with van der Waals surface area (Å²) >= 11 is 0. The third kappa shape index (κ3) is 1.40. The number of aliphatic hydroxyl groups excluding tert-OH is 1. The highest BCUT2D eigenvalue weighted by molar-refractivity contribution is 5.64. The Kier molecular flexibility index (Phi) is 2.51. The van der Waals surface area contributed by atoms with Gasteiger partial charge in [0, 0.05) is 11.0 Å². The van der Waals surface area contributed by atoms with Crippen LogP contribution in [0.5, 0.6) is 11.5 Å². The first kappa shape index (κ1) is 15.6. The lowest BCUT2D eigenvalue weighted by molar-refractivity contribution is -0.214. The van der Waals surface area contributed by atoms with Gasteiger partial charge in [0.15, 0.2) is 11.5 Å². The lowest BCUT2D eigenvalue weighted by atomic mass is 9.42. The smallest absolute Gasteiger partial charge is 0.165 e. The molecule has 144 valence electrons. The predicted molar refractivity (Wildman–Crippen MR) is 98.8 cm³/mol. The molecule has 6 aliphatic rings. The fourth-order valence-corrected chi connectivity index (χ4v) is 8.68. The van der Waals surface area contributed by atoms with Crippen molar-refractivity contribution in [3.05, 3.63) is 23.3 Å². The first-order chi connectivity index (χ1) is 13.0. The summed E-state index contributed by atoms with van der Waals surface area (Å²) in [6.07, 6.45) is 9.69. The molecule has 0 amide bonds. The van der Waals surface area contributed by atoms with E-state index in [9.17, 15) is 15.3 Å². The lowest BCUT2D eigenvalue weighted by Gasteiger charge is -2.63. The van der Waals surface area contributed by atoms with Gasteiger partial charge in [-0.15, -0.1) is 0 Å². The zero-order chi connectivity index (χ0) is 18.2. The maximum atomic E-state index is 12.4. The third-order valence-electron chi connectivity index (χ3n) is 10.0. The second kappa shape index (κ2) is 4.33. The quantitative estimate of drug-likeness (QED) is 0.750. The van der Waals surface area contributed by atoms with Crippen LogP contribution in [0.25, 0.3) is 0 Å². The number of phenolic OH excluding ortho intramolecular Hbond substituents is 1. The van der Waals surface area contributed by atoms with Crippen LogP contribution >= 0.6 is 0 Å². The van der Waals surface area contributed by atoms with E-state index in [0.717, 1.165) is 37.2 Å². The van der Waals surface area contributed by atoms with Crippen LogP contribution in [0, 0.1) is 16.7 Å². The topological polar surface area (TPSA) is 69.9 Å². The van der Waals surface area contributed by atoms with Crippen LogP contribution in [0.2, 0.25) is 0 Å². The molecule has 0 radical (unpaired) electrons. The summed E-state index contributed by atoms with van der Waals surface area (Å²) in [4.78, 5) is 0. The van der Waals surface area contributed by atoms with Gasteiger partial charge in [0.25, 0.3) is 0 Å². The first-order valence-electron chi connectivity index (χ1n) is 10.9. The Hall–Kier alpha value is -1.26. The first-order valence-corrected chi connectivity index (χ1v) is 10.9. The molecule has 7 rings (SSSR count). The maximum Gasteiger partial charge on any atom is 0.165 e. The molecule has 2 unspecified atom stereocenters. The molecule has 6 atom stereocenters. The van der Waals surface area contributed by atoms with Crippen LogP contribution in [0.3, 0.4) is 0 Å². The standard InChI is InChI=1S/C23H28O4/c24-15-5-4-14-11-21-12-20(21,10-13-2-1-3-13)8-9-22-17(14)18(15)27-19(22)16(25)6-7-23(21,22)26/h4-5,13,16,19,24-26H,1-3,6-12H2/t16-,19-,20?,21?,22-,23+/m0/s1. The number of rotatable bonds is 2. The van der Waals surface area contributed by atoms with Crippen molar-refractivity contribution < 1.29 is 20.1 Å². The Balaban J connectivity index is 1.46.